The molecule has 0 saturated carbocycles. The van der Waals surface area contributed by atoms with E-state index in [4.69, 9.17) is 4.74 Å². The van der Waals surface area contributed by atoms with Crippen molar-refractivity contribution < 1.29 is 9.53 Å². The minimum atomic E-state index is -0.144. The van der Waals surface area contributed by atoms with Crippen LogP contribution < -0.4 is 10.1 Å². The Hall–Kier alpha value is -4.01. The van der Waals surface area contributed by atoms with Gasteiger partial charge < -0.3 is 15.0 Å². The first kappa shape index (κ1) is 19.0. The summed E-state index contributed by atoms with van der Waals surface area (Å²) in [6.45, 7) is 1.34. The third kappa shape index (κ3) is 3.43. The molecular formula is C22H21N7O2. The van der Waals surface area contributed by atoms with Crippen LogP contribution in [0, 0.1) is 0 Å². The molecule has 1 amide bonds. The second kappa shape index (κ2) is 7.67. The number of nitrogens with zero attached hydrogens (tertiary/aromatic N) is 6. The maximum Gasteiger partial charge on any atom is 0.271 e. The average molecular weight is 415 g/mol. The van der Waals surface area contributed by atoms with Crippen molar-refractivity contribution in [3.63, 3.8) is 0 Å². The maximum absolute atomic E-state index is 12.1. The molecule has 3 aromatic heterocycles. The van der Waals surface area contributed by atoms with E-state index in [-0.39, 0.29) is 5.91 Å². The fraction of sp³-hybridized carbons (Fsp3) is 0.227. The fourth-order valence-electron chi connectivity index (χ4n) is 3.70. The number of aromatic nitrogens is 5. The van der Waals surface area contributed by atoms with Crippen LogP contribution in [0.5, 0.6) is 5.75 Å². The molecule has 156 valence electrons. The largest absolute Gasteiger partial charge is 0.493 e. The third-order valence-electron chi connectivity index (χ3n) is 5.31. The van der Waals surface area contributed by atoms with E-state index in [1.165, 1.54) is 16.0 Å². The van der Waals surface area contributed by atoms with E-state index in [2.05, 4.69) is 31.5 Å². The second-order valence-corrected chi connectivity index (χ2v) is 7.50. The van der Waals surface area contributed by atoms with Crippen LogP contribution in [0.2, 0.25) is 0 Å². The number of hydrogen-bond donors (Lipinski definition) is 1. The monoisotopic (exact) mass is 415 g/mol. The van der Waals surface area contributed by atoms with Crippen molar-refractivity contribution in [2.75, 3.05) is 26.0 Å². The summed E-state index contributed by atoms with van der Waals surface area (Å²) in [7, 11) is 3.40. The molecule has 0 saturated heterocycles. The molecule has 1 aliphatic heterocycles. The Bertz CT molecular complexity index is 1260. The third-order valence-corrected chi connectivity index (χ3v) is 5.31. The molecule has 0 fully saturated rings. The highest BCUT2D eigenvalue weighted by Crippen LogP contribution is 2.29. The number of nitrogens with one attached hydrogen (secondary N) is 1. The standard InChI is InChI=1S/C22H21N7O2/c1-28(2)21(30)18-7-6-15(10-23-18)17-12-25-22(29-13-26-27-20(17)29)24-11-14-4-3-5-19-16(14)8-9-31-19/h3-7,10,12-13H,8-9,11H2,1-2H3,(H,24,25). The topological polar surface area (TPSA) is 97.5 Å². The van der Waals surface area contributed by atoms with E-state index in [0.717, 1.165) is 29.9 Å². The van der Waals surface area contributed by atoms with Crippen molar-refractivity contribution in [2.24, 2.45) is 0 Å². The van der Waals surface area contributed by atoms with Crippen LogP contribution in [0.1, 0.15) is 21.6 Å². The van der Waals surface area contributed by atoms with Crippen molar-refractivity contribution in [3.05, 3.63) is 65.9 Å². The summed E-state index contributed by atoms with van der Waals surface area (Å²) in [5.41, 5.74) is 5.07. The smallest absolute Gasteiger partial charge is 0.271 e. The van der Waals surface area contributed by atoms with Gasteiger partial charge in [-0.3, -0.25) is 14.2 Å². The lowest BCUT2D eigenvalue weighted by atomic mass is 10.1. The molecule has 5 rings (SSSR count). The van der Waals surface area contributed by atoms with E-state index in [9.17, 15) is 4.79 Å². The number of ether oxygens (including phenoxy) is 1. The summed E-state index contributed by atoms with van der Waals surface area (Å²) >= 11 is 0. The van der Waals surface area contributed by atoms with Gasteiger partial charge in [0.15, 0.2) is 5.65 Å². The number of benzene rings is 1. The van der Waals surface area contributed by atoms with Crippen LogP contribution in [0.25, 0.3) is 16.8 Å². The normalized spacial score (nSPS) is 12.5. The van der Waals surface area contributed by atoms with Crippen LogP contribution in [-0.2, 0) is 13.0 Å². The first-order valence-corrected chi connectivity index (χ1v) is 9.96. The van der Waals surface area contributed by atoms with E-state index in [1.807, 2.05) is 22.6 Å². The maximum atomic E-state index is 12.1. The molecule has 0 radical (unpaired) electrons. The fourth-order valence-corrected chi connectivity index (χ4v) is 3.70. The molecule has 4 heterocycles. The van der Waals surface area contributed by atoms with Gasteiger partial charge in [0.05, 0.1) is 6.61 Å². The van der Waals surface area contributed by atoms with E-state index in [0.29, 0.717) is 23.8 Å². The quantitative estimate of drug-likeness (QED) is 0.535. The number of hydrogen-bond acceptors (Lipinski definition) is 7. The first-order chi connectivity index (χ1) is 15.1. The molecule has 31 heavy (non-hydrogen) atoms. The van der Waals surface area contributed by atoms with Gasteiger partial charge in [-0.25, -0.2) is 4.98 Å². The molecule has 0 aliphatic carbocycles. The number of rotatable bonds is 5. The van der Waals surface area contributed by atoms with Crippen molar-refractivity contribution in [3.8, 4) is 16.9 Å². The lowest BCUT2D eigenvalue weighted by molar-refractivity contribution is 0.0822. The summed E-state index contributed by atoms with van der Waals surface area (Å²) in [5, 5.41) is 11.7. The zero-order valence-corrected chi connectivity index (χ0v) is 17.2. The van der Waals surface area contributed by atoms with Crippen molar-refractivity contribution in [2.45, 2.75) is 13.0 Å². The number of carbonyl (C=O) groups is 1. The van der Waals surface area contributed by atoms with Gasteiger partial charge in [-0.1, -0.05) is 18.2 Å². The van der Waals surface area contributed by atoms with Crippen LogP contribution in [0.4, 0.5) is 5.95 Å². The summed E-state index contributed by atoms with van der Waals surface area (Å²) in [5.74, 6) is 1.46. The minimum absolute atomic E-state index is 0.144. The summed E-state index contributed by atoms with van der Waals surface area (Å²) in [6, 6.07) is 9.65. The van der Waals surface area contributed by atoms with E-state index in [1.54, 1.807) is 38.9 Å². The highest BCUT2D eigenvalue weighted by molar-refractivity contribution is 5.92. The van der Waals surface area contributed by atoms with Crippen molar-refractivity contribution >= 4 is 17.5 Å². The predicted molar refractivity (Wildman–Crippen MR) is 115 cm³/mol. The van der Waals surface area contributed by atoms with E-state index >= 15 is 0 Å². The Morgan fingerprint density at radius 1 is 1.19 bits per heavy atom. The van der Waals surface area contributed by atoms with Gasteiger partial charge >= 0.3 is 0 Å². The van der Waals surface area contributed by atoms with Gasteiger partial charge in [-0.2, -0.15) is 0 Å². The number of pyridine rings is 1. The van der Waals surface area contributed by atoms with Crippen molar-refractivity contribution in [1.82, 2.24) is 29.5 Å². The summed E-state index contributed by atoms with van der Waals surface area (Å²) in [6.07, 6.45) is 5.95. The lowest BCUT2D eigenvalue weighted by Crippen LogP contribution is -2.22. The van der Waals surface area contributed by atoms with Crippen molar-refractivity contribution in [1.29, 1.82) is 0 Å². The molecule has 1 aliphatic rings. The molecule has 0 atom stereocenters. The predicted octanol–water partition coefficient (Wildman–Crippen LogP) is 2.44. The number of amides is 1. The van der Waals surface area contributed by atoms with Gasteiger partial charge in [0.2, 0.25) is 5.95 Å². The Balaban J connectivity index is 1.42. The van der Waals surface area contributed by atoms with Crippen LogP contribution in [0.15, 0.2) is 49.1 Å². The number of anilines is 1. The molecular weight excluding hydrogens is 394 g/mol. The van der Waals surface area contributed by atoms with Gasteiger partial charge in [-0.15, -0.1) is 10.2 Å². The summed E-state index contributed by atoms with van der Waals surface area (Å²) < 4.78 is 7.46. The van der Waals surface area contributed by atoms with E-state index < -0.39 is 0 Å². The molecule has 9 nitrogen and oxygen atoms in total. The van der Waals surface area contributed by atoms with Gasteiger partial charge in [0.1, 0.15) is 17.8 Å². The zero-order valence-electron chi connectivity index (χ0n) is 17.2. The molecule has 1 aromatic carbocycles. The van der Waals surface area contributed by atoms with Crippen LogP contribution in [-0.4, -0.2) is 56.1 Å². The van der Waals surface area contributed by atoms with Crippen LogP contribution in [0.3, 0.4) is 0 Å². The highest BCUT2D eigenvalue weighted by atomic mass is 16.5. The molecule has 0 unspecified atom stereocenters. The zero-order chi connectivity index (χ0) is 21.4. The lowest BCUT2D eigenvalue weighted by Gasteiger charge is -2.12. The van der Waals surface area contributed by atoms with Crippen LogP contribution >= 0.6 is 0 Å². The average Bonchev–Trinajstić information content (AvgIpc) is 3.47. The molecule has 4 aromatic rings. The van der Waals surface area contributed by atoms with Gasteiger partial charge in [0.25, 0.3) is 5.91 Å². The van der Waals surface area contributed by atoms with Gasteiger partial charge in [-0.05, 0) is 17.7 Å². The molecule has 1 N–H and O–H groups in total. The Labute approximate surface area is 178 Å². The molecule has 9 heteroatoms. The van der Waals surface area contributed by atoms with Gasteiger partial charge in [0, 0.05) is 56.1 Å². The Kier molecular flexibility index (Phi) is 4.70. The number of carbonyl (C=O) groups excluding carboxylic acids is 1. The Morgan fingerprint density at radius 3 is 2.90 bits per heavy atom. The first-order valence-electron chi connectivity index (χ1n) is 9.96. The Morgan fingerprint density at radius 2 is 2.10 bits per heavy atom. The molecule has 0 bridgehead atoms. The second-order valence-electron chi connectivity index (χ2n) is 7.50. The molecule has 0 spiro atoms. The summed E-state index contributed by atoms with van der Waals surface area (Å²) in [4.78, 5) is 22.5. The highest BCUT2D eigenvalue weighted by Gasteiger charge is 2.17. The number of fused-ring (bicyclic) bond motifs is 2. The minimum Gasteiger partial charge on any atom is -0.493 e. The SMILES string of the molecule is CN(C)C(=O)c1ccc(-c2cnc(NCc3cccc4c3CCO4)n3cnnc23)cn1.